The maximum absolute atomic E-state index is 11.9. The minimum absolute atomic E-state index is 0.161. The highest BCUT2D eigenvalue weighted by molar-refractivity contribution is 5.85. The maximum Gasteiger partial charge on any atom is 0.412 e. The highest BCUT2D eigenvalue weighted by atomic mass is 16.6. The second kappa shape index (κ2) is 10.9. The molecule has 0 aliphatic rings. The molecule has 0 saturated heterocycles. The van der Waals surface area contributed by atoms with Gasteiger partial charge in [0.25, 0.3) is 0 Å². The number of ether oxygens (including phenoxy) is 2. The van der Waals surface area contributed by atoms with E-state index in [0.717, 1.165) is 19.3 Å². The van der Waals surface area contributed by atoms with E-state index in [4.69, 9.17) is 9.47 Å². The molecule has 2 N–H and O–H groups in total. The van der Waals surface area contributed by atoms with E-state index in [-0.39, 0.29) is 6.10 Å². The van der Waals surface area contributed by atoms with Crippen molar-refractivity contribution < 1.29 is 19.1 Å². The number of rotatable bonds is 8. The summed E-state index contributed by atoms with van der Waals surface area (Å²) in [5, 5.41) is 5.34. The molecule has 1 atom stereocenters. The van der Waals surface area contributed by atoms with E-state index in [1.807, 2.05) is 32.0 Å². The molecule has 2 aromatic rings. The summed E-state index contributed by atoms with van der Waals surface area (Å²) >= 11 is 0. The van der Waals surface area contributed by atoms with Gasteiger partial charge < -0.3 is 14.8 Å². The monoisotopic (exact) mass is 370 g/mol. The minimum Gasteiger partial charge on any atom is -0.446 e. The summed E-state index contributed by atoms with van der Waals surface area (Å²) in [4.78, 5) is 23.6. The molecule has 0 spiro atoms. The van der Waals surface area contributed by atoms with Crippen molar-refractivity contribution in [3.05, 3.63) is 60.2 Å². The van der Waals surface area contributed by atoms with Gasteiger partial charge in [0.2, 0.25) is 0 Å². The molecule has 0 fully saturated rings. The fourth-order valence-electron chi connectivity index (χ4n) is 2.32. The fraction of sp³-hybridized carbons (Fsp3) is 0.333. The Morgan fingerprint density at radius 2 is 1.81 bits per heavy atom. The summed E-state index contributed by atoms with van der Waals surface area (Å²) in [5.41, 5.74) is 1.73. The number of aryl methyl sites for hydroxylation is 1. The topological polar surface area (TPSA) is 76.7 Å². The third kappa shape index (κ3) is 7.81. The third-order valence-corrected chi connectivity index (χ3v) is 3.93. The Labute approximate surface area is 159 Å². The van der Waals surface area contributed by atoms with E-state index < -0.39 is 12.2 Å². The average Bonchev–Trinajstić information content (AvgIpc) is 2.66. The second-order valence-electron chi connectivity index (χ2n) is 6.18. The number of carbonyl (C=O) groups excluding carboxylic acids is 2. The Morgan fingerprint density at radius 3 is 2.56 bits per heavy atom. The van der Waals surface area contributed by atoms with Crippen LogP contribution in [-0.4, -0.2) is 24.8 Å². The van der Waals surface area contributed by atoms with Gasteiger partial charge in [-0.1, -0.05) is 43.3 Å². The summed E-state index contributed by atoms with van der Waals surface area (Å²) in [6, 6.07) is 16.7. The smallest absolute Gasteiger partial charge is 0.412 e. The highest BCUT2D eigenvalue weighted by Gasteiger charge is 2.09. The number of benzene rings is 2. The Kier molecular flexibility index (Phi) is 8.16. The predicted octanol–water partition coefficient (Wildman–Crippen LogP) is 4.75. The van der Waals surface area contributed by atoms with Gasteiger partial charge in [-0.25, -0.2) is 9.59 Å². The van der Waals surface area contributed by atoms with Crippen LogP contribution in [0.5, 0.6) is 5.75 Å². The largest absolute Gasteiger partial charge is 0.446 e. The highest BCUT2D eigenvalue weighted by Crippen LogP contribution is 2.18. The number of hydrogen-bond acceptors (Lipinski definition) is 4. The van der Waals surface area contributed by atoms with Crippen LogP contribution in [-0.2, 0) is 11.2 Å². The van der Waals surface area contributed by atoms with Gasteiger partial charge in [0.05, 0.1) is 0 Å². The summed E-state index contributed by atoms with van der Waals surface area (Å²) in [6.07, 6.45) is 1.22. The van der Waals surface area contributed by atoms with Crippen molar-refractivity contribution >= 4 is 17.9 Å². The lowest BCUT2D eigenvalue weighted by molar-refractivity contribution is 0.118. The number of carbonyl (C=O) groups is 2. The van der Waals surface area contributed by atoms with Crippen molar-refractivity contribution in [2.24, 2.45) is 0 Å². The number of nitrogens with one attached hydrogen (secondary N) is 2. The van der Waals surface area contributed by atoms with Gasteiger partial charge in [0.1, 0.15) is 11.9 Å². The molecule has 6 heteroatoms. The number of anilines is 1. The van der Waals surface area contributed by atoms with Crippen LogP contribution in [0, 0.1) is 0 Å². The molecule has 2 amide bonds. The molecule has 0 bridgehead atoms. The molecule has 0 heterocycles. The van der Waals surface area contributed by atoms with E-state index in [2.05, 4.69) is 22.8 Å². The maximum atomic E-state index is 11.9. The molecule has 0 radical (unpaired) electrons. The lowest BCUT2D eigenvalue weighted by Gasteiger charge is -2.12. The van der Waals surface area contributed by atoms with Crippen LogP contribution in [0.1, 0.15) is 32.3 Å². The van der Waals surface area contributed by atoms with Crippen molar-refractivity contribution in [1.29, 1.82) is 0 Å². The van der Waals surface area contributed by atoms with Crippen LogP contribution in [0.4, 0.5) is 15.3 Å². The van der Waals surface area contributed by atoms with Crippen LogP contribution in [0.2, 0.25) is 0 Å². The predicted molar refractivity (Wildman–Crippen MR) is 105 cm³/mol. The molecular formula is C21H26N2O4. The summed E-state index contributed by atoms with van der Waals surface area (Å²) in [7, 11) is 0. The Bertz CT molecular complexity index is 734. The molecule has 0 saturated carbocycles. The van der Waals surface area contributed by atoms with Gasteiger partial charge >= 0.3 is 12.2 Å². The van der Waals surface area contributed by atoms with Crippen molar-refractivity contribution in [3.8, 4) is 5.75 Å². The van der Waals surface area contributed by atoms with Crippen LogP contribution in [0.25, 0.3) is 0 Å². The number of hydrogen-bond donors (Lipinski definition) is 2. The van der Waals surface area contributed by atoms with Gasteiger partial charge in [-0.2, -0.15) is 0 Å². The zero-order valence-electron chi connectivity index (χ0n) is 15.7. The molecule has 0 aliphatic heterocycles. The summed E-state index contributed by atoms with van der Waals surface area (Å²) in [5.74, 6) is 0.344. The molecule has 27 heavy (non-hydrogen) atoms. The zero-order chi connectivity index (χ0) is 19.5. The Hall–Kier alpha value is -3.02. The van der Waals surface area contributed by atoms with Gasteiger partial charge in [0.15, 0.2) is 0 Å². The van der Waals surface area contributed by atoms with E-state index >= 15 is 0 Å². The Morgan fingerprint density at radius 1 is 1.04 bits per heavy atom. The normalized spacial score (nSPS) is 11.3. The average molecular weight is 370 g/mol. The van der Waals surface area contributed by atoms with Crippen molar-refractivity contribution in [3.63, 3.8) is 0 Å². The van der Waals surface area contributed by atoms with E-state index in [9.17, 15) is 9.59 Å². The van der Waals surface area contributed by atoms with E-state index in [1.165, 1.54) is 5.56 Å². The van der Waals surface area contributed by atoms with Crippen molar-refractivity contribution in [2.45, 2.75) is 39.2 Å². The Balaban J connectivity index is 1.74. The fourth-order valence-corrected chi connectivity index (χ4v) is 2.32. The summed E-state index contributed by atoms with van der Waals surface area (Å²) in [6.45, 7) is 4.28. The standard InChI is InChI=1S/C21H26N2O4/c1-3-16(2)26-21(25)23-18-12-7-13-19(15-18)27-20(24)22-14-8-11-17-9-5-4-6-10-17/h4-7,9-10,12-13,15-16H,3,8,11,14H2,1-2H3,(H,22,24)(H,23,25). The zero-order valence-corrected chi connectivity index (χ0v) is 15.7. The van der Waals surface area contributed by atoms with Crippen LogP contribution in [0.3, 0.4) is 0 Å². The summed E-state index contributed by atoms with van der Waals surface area (Å²) < 4.78 is 10.4. The quantitative estimate of drug-likeness (QED) is 0.657. The lowest BCUT2D eigenvalue weighted by Crippen LogP contribution is -2.28. The minimum atomic E-state index is -0.535. The SMILES string of the molecule is CCC(C)OC(=O)Nc1cccc(OC(=O)NCCCc2ccccc2)c1. The van der Waals surface area contributed by atoms with Crippen molar-refractivity contribution in [1.82, 2.24) is 5.32 Å². The van der Waals surface area contributed by atoms with Gasteiger partial charge in [-0.05, 0) is 43.9 Å². The molecule has 2 aromatic carbocycles. The van der Waals surface area contributed by atoms with Crippen LogP contribution in [0.15, 0.2) is 54.6 Å². The third-order valence-electron chi connectivity index (χ3n) is 3.93. The molecule has 2 rings (SSSR count). The lowest BCUT2D eigenvalue weighted by atomic mass is 10.1. The van der Waals surface area contributed by atoms with Crippen LogP contribution >= 0.6 is 0 Å². The first-order valence-electron chi connectivity index (χ1n) is 9.14. The molecule has 1 unspecified atom stereocenters. The van der Waals surface area contributed by atoms with E-state index in [0.29, 0.717) is 18.0 Å². The molecule has 0 aromatic heterocycles. The molecular weight excluding hydrogens is 344 g/mol. The first kappa shape index (κ1) is 20.3. The van der Waals surface area contributed by atoms with Gasteiger partial charge in [0, 0.05) is 18.3 Å². The van der Waals surface area contributed by atoms with Gasteiger partial charge in [-0.15, -0.1) is 0 Å². The number of amides is 2. The van der Waals surface area contributed by atoms with Gasteiger partial charge in [-0.3, -0.25) is 5.32 Å². The molecule has 144 valence electrons. The second-order valence-corrected chi connectivity index (χ2v) is 6.18. The van der Waals surface area contributed by atoms with E-state index in [1.54, 1.807) is 24.3 Å². The molecule has 0 aliphatic carbocycles. The first-order chi connectivity index (χ1) is 13.1. The molecule has 6 nitrogen and oxygen atoms in total. The van der Waals surface area contributed by atoms with Crippen molar-refractivity contribution in [2.75, 3.05) is 11.9 Å². The van der Waals surface area contributed by atoms with Crippen LogP contribution < -0.4 is 15.4 Å². The first-order valence-corrected chi connectivity index (χ1v) is 9.14.